The maximum absolute atomic E-state index is 9.09. The van der Waals surface area contributed by atoms with Crippen LogP contribution >= 0.6 is 11.3 Å². The van der Waals surface area contributed by atoms with Crippen LogP contribution in [0.5, 0.6) is 0 Å². The molecule has 0 aliphatic rings. The van der Waals surface area contributed by atoms with Crippen LogP contribution in [0.4, 0.5) is 0 Å². The summed E-state index contributed by atoms with van der Waals surface area (Å²) in [6, 6.07) is 7.64. The minimum absolute atomic E-state index is 0.0229. The number of aliphatic hydroxyl groups excluding tert-OH is 1. The highest BCUT2D eigenvalue weighted by molar-refractivity contribution is 7.10. The Morgan fingerprint density at radius 1 is 1.43 bits per heavy atom. The van der Waals surface area contributed by atoms with E-state index < -0.39 is 0 Å². The monoisotopic (exact) mass is 304 g/mol. The SMILES string of the molecule is COC(Cn1ccnc1-c1ccc(CO)o1)c1cccs1. The maximum Gasteiger partial charge on any atom is 0.176 e. The lowest BCUT2D eigenvalue weighted by atomic mass is 10.3. The fraction of sp³-hybridized carbons (Fsp3) is 0.267. The molecule has 3 rings (SSSR count). The van der Waals surface area contributed by atoms with E-state index in [2.05, 4.69) is 11.1 Å². The fourth-order valence-electron chi connectivity index (χ4n) is 2.20. The van der Waals surface area contributed by atoms with Crippen molar-refractivity contribution in [2.24, 2.45) is 0 Å². The van der Waals surface area contributed by atoms with Crippen LogP contribution in [0.15, 0.2) is 46.5 Å². The lowest BCUT2D eigenvalue weighted by Crippen LogP contribution is -2.10. The van der Waals surface area contributed by atoms with E-state index >= 15 is 0 Å². The fourth-order valence-corrected chi connectivity index (χ4v) is 2.99. The predicted molar refractivity (Wildman–Crippen MR) is 79.9 cm³/mol. The van der Waals surface area contributed by atoms with Crippen LogP contribution in [0.2, 0.25) is 0 Å². The van der Waals surface area contributed by atoms with E-state index in [9.17, 15) is 0 Å². The molecule has 3 heterocycles. The number of methoxy groups -OCH3 is 1. The normalized spacial score (nSPS) is 12.7. The summed E-state index contributed by atoms with van der Waals surface area (Å²) in [5.41, 5.74) is 0. The Morgan fingerprint density at radius 3 is 3.00 bits per heavy atom. The summed E-state index contributed by atoms with van der Waals surface area (Å²) < 4.78 is 13.1. The first-order chi connectivity index (χ1) is 10.3. The number of imidazole rings is 1. The molecular formula is C15H16N2O3S. The maximum atomic E-state index is 9.09. The number of hydrogen-bond acceptors (Lipinski definition) is 5. The average molecular weight is 304 g/mol. The van der Waals surface area contributed by atoms with Crippen molar-refractivity contribution in [1.29, 1.82) is 0 Å². The Kier molecular flexibility index (Phi) is 4.19. The highest BCUT2D eigenvalue weighted by atomic mass is 32.1. The van der Waals surface area contributed by atoms with E-state index in [-0.39, 0.29) is 12.7 Å². The number of aliphatic hydroxyl groups is 1. The van der Waals surface area contributed by atoms with E-state index in [1.807, 2.05) is 28.3 Å². The van der Waals surface area contributed by atoms with E-state index in [0.29, 0.717) is 18.1 Å². The van der Waals surface area contributed by atoms with Crippen LogP contribution in [-0.2, 0) is 17.9 Å². The molecule has 0 aromatic carbocycles. The van der Waals surface area contributed by atoms with Crippen molar-refractivity contribution in [3.05, 3.63) is 52.7 Å². The number of nitrogens with zero attached hydrogens (tertiary/aromatic N) is 2. The van der Waals surface area contributed by atoms with Gasteiger partial charge in [0, 0.05) is 24.4 Å². The average Bonchev–Trinajstić information content (AvgIpc) is 3.23. The first-order valence-corrected chi connectivity index (χ1v) is 7.47. The Bertz CT molecular complexity index is 687. The molecule has 1 atom stereocenters. The molecule has 1 unspecified atom stereocenters. The van der Waals surface area contributed by atoms with Gasteiger partial charge in [0.05, 0.1) is 6.54 Å². The van der Waals surface area contributed by atoms with Crippen molar-refractivity contribution < 1.29 is 14.3 Å². The molecule has 3 aromatic rings. The van der Waals surface area contributed by atoms with Gasteiger partial charge in [-0.15, -0.1) is 11.3 Å². The zero-order valence-corrected chi connectivity index (χ0v) is 12.4. The number of hydrogen-bond donors (Lipinski definition) is 1. The second-order valence-corrected chi connectivity index (χ2v) is 5.55. The minimum Gasteiger partial charge on any atom is -0.455 e. The molecule has 0 saturated carbocycles. The second kappa shape index (κ2) is 6.26. The van der Waals surface area contributed by atoms with Gasteiger partial charge in [-0.1, -0.05) is 6.07 Å². The van der Waals surface area contributed by atoms with Crippen molar-refractivity contribution in [2.45, 2.75) is 19.3 Å². The van der Waals surface area contributed by atoms with Gasteiger partial charge in [-0.05, 0) is 23.6 Å². The summed E-state index contributed by atoms with van der Waals surface area (Å²) in [6.45, 7) is 0.540. The van der Waals surface area contributed by atoms with E-state index in [4.69, 9.17) is 14.3 Å². The number of thiophene rings is 1. The van der Waals surface area contributed by atoms with E-state index in [1.165, 1.54) is 4.88 Å². The van der Waals surface area contributed by atoms with Crippen molar-refractivity contribution in [3.8, 4) is 11.6 Å². The topological polar surface area (TPSA) is 60.4 Å². The third kappa shape index (κ3) is 2.92. The number of aromatic nitrogens is 2. The van der Waals surface area contributed by atoms with Crippen molar-refractivity contribution in [2.75, 3.05) is 7.11 Å². The number of furan rings is 1. The first-order valence-electron chi connectivity index (χ1n) is 6.59. The Balaban J connectivity index is 1.85. The van der Waals surface area contributed by atoms with Gasteiger partial charge >= 0.3 is 0 Å². The van der Waals surface area contributed by atoms with Gasteiger partial charge in [0.15, 0.2) is 11.6 Å². The largest absolute Gasteiger partial charge is 0.455 e. The zero-order valence-electron chi connectivity index (χ0n) is 11.6. The molecule has 6 heteroatoms. The Morgan fingerprint density at radius 2 is 2.33 bits per heavy atom. The van der Waals surface area contributed by atoms with Gasteiger partial charge < -0.3 is 18.8 Å². The molecule has 1 N–H and O–H groups in total. The molecular weight excluding hydrogens is 288 g/mol. The molecule has 3 aromatic heterocycles. The third-order valence-corrected chi connectivity index (χ3v) is 4.23. The molecule has 0 saturated heterocycles. The molecule has 0 aliphatic carbocycles. The summed E-state index contributed by atoms with van der Waals surface area (Å²) in [5, 5.41) is 11.1. The van der Waals surface area contributed by atoms with Crippen LogP contribution in [0.3, 0.4) is 0 Å². The van der Waals surface area contributed by atoms with E-state index in [0.717, 1.165) is 5.82 Å². The minimum atomic E-state index is -0.114. The quantitative estimate of drug-likeness (QED) is 0.760. The molecule has 110 valence electrons. The summed E-state index contributed by atoms with van der Waals surface area (Å²) in [6.07, 6.45) is 3.61. The molecule has 0 spiro atoms. The number of ether oxygens (including phenoxy) is 1. The van der Waals surface area contributed by atoms with Gasteiger partial charge in [0.2, 0.25) is 0 Å². The zero-order chi connectivity index (χ0) is 14.7. The van der Waals surface area contributed by atoms with Crippen molar-refractivity contribution >= 4 is 11.3 Å². The Labute approximate surface area is 126 Å². The molecule has 0 bridgehead atoms. The lowest BCUT2D eigenvalue weighted by molar-refractivity contribution is 0.0910. The van der Waals surface area contributed by atoms with Crippen molar-refractivity contribution in [1.82, 2.24) is 9.55 Å². The summed E-state index contributed by atoms with van der Waals surface area (Å²) in [5.74, 6) is 1.90. The standard InChI is InChI=1S/C15H16N2O3S/c1-19-13(14-3-2-8-21-14)9-17-7-6-16-15(17)12-5-4-11(10-18)20-12/h2-8,13,18H,9-10H2,1H3. The van der Waals surface area contributed by atoms with Crippen molar-refractivity contribution in [3.63, 3.8) is 0 Å². The Hall–Kier alpha value is -1.89. The second-order valence-electron chi connectivity index (χ2n) is 4.57. The highest BCUT2D eigenvalue weighted by Gasteiger charge is 2.16. The molecule has 5 nitrogen and oxygen atoms in total. The molecule has 0 amide bonds. The highest BCUT2D eigenvalue weighted by Crippen LogP contribution is 2.27. The lowest BCUT2D eigenvalue weighted by Gasteiger charge is -2.15. The van der Waals surface area contributed by atoms with Gasteiger partial charge in [-0.2, -0.15) is 0 Å². The van der Waals surface area contributed by atoms with Crippen LogP contribution in [0, 0.1) is 0 Å². The predicted octanol–water partition coefficient (Wildman–Crippen LogP) is 3.08. The van der Waals surface area contributed by atoms with Gasteiger partial charge in [0.1, 0.15) is 18.5 Å². The number of rotatable bonds is 6. The molecule has 21 heavy (non-hydrogen) atoms. The van der Waals surface area contributed by atoms with E-state index in [1.54, 1.807) is 30.7 Å². The van der Waals surface area contributed by atoms with Crippen LogP contribution in [0.25, 0.3) is 11.6 Å². The molecule has 0 radical (unpaired) electrons. The third-order valence-electron chi connectivity index (χ3n) is 3.26. The summed E-state index contributed by atoms with van der Waals surface area (Å²) >= 11 is 1.67. The smallest absolute Gasteiger partial charge is 0.176 e. The first kappa shape index (κ1) is 14.1. The summed E-state index contributed by atoms with van der Waals surface area (Å²) in [4.78, 5) is 5.51. The van der Waals surface area contributed by atoms with Gasteiger partial charge in [-0.3, -0.25) is 0 Å². The van der Waals surface area contributed by atoms with Gasteiger partial charge in [0.25, 0.3) is 0 Å². The molecule has 0 fully saturated rings. The van der Waals surface area contributed by atoms with Crippen LogP contribution < -0.4 is 0 Å². The van der Waals surface area contributed by atoms with Crippen LogP contribution in [0.1, 0.15) is 16.7 Å². The van der Waals surface area contributed by atoms with Crippen LogP contribution in [-0.4, -0.2) is 21.8 Å². The molecule has 0 aliphatic heterocycles. The summed E-state index contributed by atoms with van der Waals surface area (Å²) in [7, 11) is 1.71. The van der Waals surface area contributed by atoms with Gasteiger partial charge in [-0.25, -0.2) is 4.98 Å².